The number of Topliss-reactive ketones (excluding diaryl/α,β-unsaturated/α-hetero) is 1. The van der Waals surface area contributed by atoms with Gasteiger partial charge < -0.3 is 5.11 Å². The summed E-state index contributed by atoms with van der Waals surface area (Å²) in [6.45, 7) is 0. The lowest BCUT2D eigenvalue weighted by atomic mass is 9.89. The molecule has 1 heterocycles. The smallest absolute Gasteiger partial charge is 0.303 e. The van der Waals surface area contributed by atoms with Gasteiger partial charge in [0, 0.05) is 30.3 Å². The number of hydrogen-bond acceptors (Lipinski definition) is 4. The van der Waals surface area contributed by atoms with Gasteiger partial charge >= 0.3 is 5.97 Å². The molecule has 0 bridgehead atoms. The summed E-state index contributed by atoms with van der Waals surface area (Å²) in [5.74, 6) is 0.156. The molecule has 2 atom stereocenters. The zero-order valence-electron chi connectivity index (χ0n) is 12.7. The van der Waals surface area contributed by atoms with E-state index in [0.717, 1.165) is 43.5 Å². The summed E-state index contributed by atoms with van der Waals surface area (Å²) in [7, 11) is 0. The van der Waals surface area contributed by atoms with E-state index in [1.807, 2.05) is 11.5 Å². The van der Waals surface area contributed by atoms with Gasteiger partial charge in [0.1, 0.15) is 10.8 Å². The molecule has 1 saturated carbocycles. The number of rotatable bonds is 9. The first kappa shape index (κ1) is 16.9. The third-order valence-electron chi connectivity index (χ3n) is 4.25. The highest BCUT2D eigenvalue weighted by Gasteiger charge is 2.32. The number of unbranched alkanes of at least 4 members (excludes halogenated alkanes) is 3. The summed E-state index contributed by atoms with van der Waals surface area (Å²) >= 11 is 1.61. The number of carbonyl (C=O) groups is 2. The molecule has 1 fully saturated rings. The number of nitrogens with zero attached hydrogens (tertiary/aromatic N) is 1. The van der Waals surface area contributed by atoms with Gasteiger partial charge in [-0.25, -0.2) is 4.98 Å². The maximum atomic E-state index is 12.0. The van der Waals surface area contributed by atoms with Crippen molar-refractivity contribution in [1.82, 2.24) is 4.98 Å². The Hall–Kier alpha value is -1.49. The van der Waals surface area contributed by atoms with Gasteiger partial charge in [-0.2, -0.15) is 0 Å². The highest BCUT2D eigenvalue weighted by atomic mass is 32.1. The topological polar surface area (TPSA) is 67.3 Å². The van der Waals surface area contributed by atoms with E-state index in [1.54, 1.807) is 17.5 Å². The van der Waals surface area contributed by atoms with E-state index in [1.165, 1.54) is 0 Å². The highest BCUT2D eigenvalue weighted by Crippen LogP contribution is 2.34. The predicted octanol–water partition coefficient (Wildman–Crippen LogP) is 4.18. The van der Waals surface area contributed by atoms with E-state index in [0.29, 0.717) is 18.1 Å². The SMILES string of the molecule is O=C(O)CCCCCC[C@@H]1C(=O)CC[C@H]1C=Cc1nccs1. The minimum absolute atomic E-state index is 0.149. The lowest BCUT2D eigenvalue weighted by Gasteiger charge is -2.14. The molecule has 0 aromatic carbocycles. The standard InChI is InChI=1S/C17H23NO3S/c19-15-9-7-13(8-10-16-18-11-12-22-16)14(15)5-3-1-2-4-6-17(20)21/h8,10-14H,1-7,9H2,(H,20,21)/t13-,14-/m0/s1. The van der Waals surface area contributed by atoms with Gasteiger partial charge in [-0.05, 0) is 31.3 Å². The van der Waals surface area contributed by atoms with E-state index in [9.17, 15) is 9.59 Å². The third-order valence-corrected chi connectivity index (χ3v) is 4.99. The number of carboxylic acid groups (broad SMARTS) is 1. The average Bonchev–Trinajstić information content (AvgIpc) is 3.11. The second-order valence-corrected chi connectivity index (χ2v) is 6.78. The monoisotopic (exact) mass is 321 g/mol. The Bertz CT molecular complexity index is 510. The number of hydrogen-bond donors (Lipinski definition) is 1. The fourth-order valence-corrected chi connectivity index (χ4v) is 3.60. The van der Waals surface area contributed by atoms with Crippen LogP contribution in [0.4, 0.5) is 0 Å². The maximum absolute atomic E-state index is 12.0. The first-order valence-corrected chi connectivity index (χ1v) is 8.87. The molecule has 2 rings (SSSR count). The summed E-state index contributed by atoms with van der Waals surface area (Å²) in [5, 5.41) is 11.5. The molecule has 5 heteroatoms. The van der Waals surface area contributed by atoms with Gasteiger partial charge in [0.25, 0.3) is 0 Å². The molecular weight excluding hydrogens is 298 g/mol. The molecule has 1 aliphatic rings. The highest BCUT2D eigenvalue weighted by molar-refractivity contribution is 7.10. The fraction of sp³-hybridized carbons (Fsp3) is 0.588. The van der Waals surface area contributed by atoms with Crippen molar-refractivity contribution in [1.29, 1.82) is 0 Å². The molecule has 0 spiro atoms. The second-order valence-electron chi connectivity index (χ2n) is 5.85. The van der Waals surface area contributed by atoms with Crippen molar-refractivity contribution < 1.29 is 14.7 Å². The van der Waals surface area contributed by atoms with Crippen LogP contribution in [0.5, 0.6) is 0 Å². The largest absolute Gasteiger partial charge is 0.481 e. The Kier molecular flexibility index (Phi) is 6.77. The number of thiazole rings is 1. The molecule has 22 heavy (non-hydrogen) atoms. The van der Waals surface area contributed by atoms with Gasteiger partial charge in [-0.15, -0.1) is 11.3 Å². The van der Waals surface area contributed by atoms with Crippen LogP contribution in [-0.2, 0) is 9.59 Å². The van der Waals surface area contributed by atoms with Gasteiger partial charge in [0.2, 0.25) is 0 Å². The van der Waals surface area contributed by atoms with Crippen LogP contribution in [0.2, 0.25) is 0 Å². The number of allylic oxidation sites excluding steroid dienone is 1. The van der Waals surface area contributed by atoms with Crippen LogP contribution in [0.3, 0.4) is 0 Å². The van der Waals surface area contributed by atoms with E-state index >= 15 is 0 Å². The predicted molar refractivity (Wildman–Crippen MR) is 87.7 cm³/mol. The number of aromatic nitrogens is 1. The lowest BCUT2D eigenvalue weighted by Crippen LogP contribution is -2.13. The molecule has 0 aliphatic heterocycles. The third kappa shape index (κ3) is 5.37. The number of carboxylic acids is 1. The first-order chi connectivity index (χ1) is 10.7. The van der Waals surface area contributed by atoms with Crippen molar-refractivity contribution in [3.8, 4) is 0 Å². The summed E-state index contributed by atoms with van der Waals surface area (Å²) in [6.07, 6.45) is 12.5. The van der Waals surface area contributed by atoms with Crippen LogP contribution in [0.1, 0.15) is 56.4 Å². The van der Waals surface area contributed by atoms with E-state index in [4.69, 9.17) is 5.11 Å². The van der Waals surface area contributed by atoms with E-state index in [2.05, 4.69) is 11.1 Å². The first-order valence-electron chi connectivity index (χ1n) is 7.99. The van der Waals surface area contributed by atoms with Crippen LogP contribution < -0.4 is 0 Å². The number of carbonyl (C=O) groups excluding carboxylic acids is 1. The fourth-order valence-electron chi connectivity index (χ4n) is 3.06. The molecule has 1 aliphatic carbocycles. The van der Waals surface area contributed by atoms with Crippen molar-refractivity contribution in [3.63, 3.8) is 0 Å². The molecule has 1 aromatic rings. The van der Waals surface area contributed by atoms with Crippen molar-refractivity contribution in [2.45, 2.75) is 51.4 Å². The molecule has 1 aromatic heterocycles. The Morgan fingerprint density at radius 1 is 1.36 bits per heavy atom. The minimum Gasteiger partial charge on any atom is -0.481 e. The molecule has 0 radical (unpaired) electrons. The Morgan fingerprint density at radius 3 is 2.91 bits per heavy atom. The Labute approximate surface area is 135 Å². The van der Waals surface area contributed by atoms with Gasteiger partial charge in [-0.3, -0.25) is 9.59 Å². The zero-order chi connectivity index (χ0) is 15.8. The van der Waals surface area contributed by atoms with Gasteiger partial charge in [0.15, 0.2) is 0 Å². The van der Waals surface area contributed by atoms with Crippen LogP contribution in [-0.4, -0.2) is 21.8 Å². The van der Waals surface area contributed by atoms with Gasteiger partial charge in [0.05, 0.1) is 0 Å². The van der Waals surface area contributed by atoms with Crippen molar-refractivity contribution >= 4 is 29.2 Å². The second kappa shape index (κ2) is 8.83. The minimum atomic E-state index is -0.724. The number of ketones is 1. The molecule has 0 amide bonds. The maximum Gasteiger partial charge on any atom is 0.303 e. The Morgan fingerprint density at radius 2 is 2.18 bits per heavy atom. The van der Waals surface area contributed by atoms with Crippen molar-refractivity contribution in [3.05, 3.63) is 22.7 Å². The van der Waals surface area contributed by atoms with Crippen LogP contribution in [0.25, 0.3) is 6.08 Å². The van der Waals surface area contributed by atoms with Crippen molar-refractivity contribution in [2.75, 3.05) is 0 Å². The van der Waals surface area contributed by atoms with E-state index < -0.39 is 5.97 Å². The number of aliphatic carboxylic acids is 1. The summed E-state index contributed by atoms with van der Waals surface area (Å²) in [6, 6.07) is 0. The zero-order valence-corrected chi connectivity index (χ0v) is 13.6. The molecule has 0 unspecified atom stereocenters. The van der Waals surface area contributed by atoms with Crippen LogP contribution in [0.15, 0.2) is 17.7 Å². The lowest BCUT2D eigenvalue weighted by molar-refractivity contribution is -0.137. The van der Waals surface area contributed by atoms with E-state index in [-0.39, 0.29) is 12.3 Å². The average molecular weight is 321 g/mol. The van der Waals surface area contributed by atoms with Crippen LogP contribution in [0, 0.1) is 11.8 Å². The normalized spacial score (nSPS) is 21.7. The summed E-state index contributed by atoms with van der Waals surface area (Å²) < 4.78 is 0. The molecule has 0 saturated heterocycles. The Balaban J connectivity index is 1.73. The molecule has 4 nitrogen and oxygen atoms in total. The van der Waals surface area contributed by atoms with Crippen molar-refractivity contribution in [2.24, 2.45) is 11.8 Å². The molecule has 1 N–H and O–H groups in total. The van der Waals surface area contributed by atoms with Crippen LogP contribution >= 0.6 is 11.3 Å². The summed E-state index contributed by atoms with van der Waals surface area (Å²) in [4.78, 5) is 26.7. The molecule has 120 valence electrons. The summed E-state index contributed by atoms with van der Waals surface area (Å²) in [5.41, 5.74) is 0. The van der Waals surface area contributed by atoms with Gasteiger partial charge in [-0.1, -0.05) is 25.3 Å². The molecular formula is C17H23NO3S. The quantitative estimate of drug-likeness (QED) is 0.693.